The van der Waals surface area contributed by atoms with Gasteiger partial charge in [0.15, 0.2) is 5.75 Å². The molecule has 19 heavy (non-hydrogen) atoms. The topological polar surface area (TPSA) is 38.1 Å². The molecule has 0 fully saturated rings. The minimum absolute atomic E-state index is 0.259. The first kappa shape index (κ1) is 13.7. The average molecular weight is 258 g/mol. The van der Waals surface area contributed by atoms with Crippen molar-refractivity contribution in [2.24, 2.45) is 0 Å². The molecule has 0 unspecified atom stereocenters. The van der Waals surface area contributed by atoms with E-state index in [1.54, 1.807) is 0 Å². The van der Waals surface area contributed by atoms with Crippen molar-refractivity contribution in [1.29, 1.82) is 0 Å². The van der Waals surface area contributed by atoms with E-state index in [2.05, 4.69) is 25.9 Å². The minimum atomic E-state index is 0.259. The standard InChI is InChI=1S/C16H22N2O/c1-4-5-11-14-16(19)15(17-18(14)12(2)3)13-9-7-6-8-10-13/h6-10,12,19H,4-5,11H2,1-3H3. The van der Waals surface area contributed by atoms with Crippen molar-refractivity contribution in [2.45, 2.75) is 46.1 Å². The van der Waals surface area contributed by atoms with Crippen molar-refractivity contribution in [2.75, 3.05) is 0 Å². The Morgan fingerprint density at radius 3 is 2.47 bits per heavy atom. The predicted octanol–water partition coefficient (Wildman–Crippen LogP) is 4.18. The van der Waals surface area contributed by atoms with E-state index in [0.717, 1.165) is 30.5 Å². The van der Waals surface area contributed by atoms with Crippen LogP contribution in [0.1, 0.15) is 45.3 Å². The number of aromatic nitrogens is 2. The Balaban J connectivity index is 2.46. The molecule has 102 valence electrons. The summed E-state index contributed by atoms with van der Waals surface area (Å²) in [5.41, 5.74) is 2.62. The third kappa shape index (κ3) is 2.80. The molecule has 0 atom stereocenters. The number of benzene rings is 1. The van der Waals surface area contributed by atoms with Crippen LogP contribution in [0.15, 0.2) is 30.3 Å². The molecule has 1 aromatic carbocycles. The first-order valence-corrected chi connectivity index (χ1v) is 7.01. The molecule has 0 aliphatic heterocycles. The van der Waals surface area contributed by atoms with Crippen molar-refractivity contribution < 1.29 is 5.11 Å². The van der Waals surface area contributed by atoms with Crippen LogP contribution in [0, 0.1) is 0 Å². The highest BCUT2D eigenvalue weighted by atomic mass is 16.3. The molecule has 0 aliphatic rings. The Morgan fingerprint density at radius 2 is 1.89 bits per heavy atom. The van der Waals surface area contributed by atoms with Crippen molar-refractivity contribution in [3.8, 4) is 17.0 Å². The van der Waals surface area contributed by atoms with Crippen LogP contribution in [-0.4, -0.2) is 14.9 Å². The van der Waals surface area contributed by atoms with E-state index < -0.39 is 0 Å². The average Bonchev–Trinajstić information content (AvgIpc) is 2.75. The van der Waals surface area contributed by atoms with Gasteiger partial charge in [0.25, 0.3) is 0 Å². The molecule has 2 rings (SSSR count). The Kier molecular flexibility index (Phi) is 4.25. The number of aromatic hydroxyl groups is 1. The van der Waals surface area contributed by atoms with Gasteiger partial charge < -0.3 is 5.11 Å². The zero-order chi connectivity index (χ0) is 13.8. The van der Waals surface area contributed by atoms with Crippen LogP contribution in [0.4, 0.5) is 0 Å². The van der Waals surface area contributed by atoms with Gasteiger partial charge in [-0.05, 0) is 26.7 Å². The summed E-state index contributed by atoms with van der Waals surface area (Å²) in [6.45, 7) is 6.35. The van der Waals surface area contributed by atoms with E-state index in [-0.39, 0.29) is 6.04 Å². The quantitative estimate of drug-likeness (QED) is 0.873. The summed E-state index contributed by atoms with van der Waals surface area (Å²) in [4.78, 5) is 0. The third-order valence-corrected chi connectivity index (χ3v) is 3.29. The molecule has 0 bridgehead atoms. The Hall–Kier alpha value is -1.77. The summed E-state index contributed by atoms with van der Waals surface area (Å²) in [5, 5.41) is 15.1. The molecule has 0 radical (unpaired) electrons. The van der Waals surface area contributed by atoms with Gasteiger partial charge in [-0.25, -0.2) is 0 Å². The normalized spacial score (nSPS) is 11.2. The minimum Gasteiger partial charge on any atom is -0.504 e. The summed E-state index contributed by atoms with van der Waals surface area (Å²) in [6, 6.07) is 10.1. The van der Waals surface area contributed by atoms with Gasteiger partial charge in [0.05, 0.1) is 5.69 Å². The van der Waals surface area contributed by atoms with Crippen LogP contribution in [0.5, 0.6) is 5.75 Å². The summed E-state index contributed by atoms with van der Waals surface area (Å²) >= 11 is 0. The second kappa shape index (κ2) is 5.91. The number of nitrogens with zero attached hydrogens (tertiary/aromatic N) is 2. The zero-order valence-electron chi connectivity index (χ0n) is 11.9. The fourth-order valence-corrected chi connectivity index (χ4v) is 2.26. The number of hydrogen-bond donors (Lipinski definition) is 1. The van der Waals surface area contributed by atoms with Crippen LogP contribution >= 0.6 is 0 Å². The molecule has 3 heteroatoms. The summed E-state index contributed by atoms with van der Waals surface area (Å²) in [7, 11) is 0. The second-order valence-electron chi connectivity index (χ2n) is 5.15. The maximum absolute atomic E-state index is 10.5. The van der Waals surface area contributed by atoms with E-state index >= 15 is 0 Å². The van der Waals surface area contributed by atoms with E-state index in [1.165, 1.54) is 0 Å². The molecule has 1 N–H and O–H groups in total. The number of rotatable bonds is 5. The maximum atomic E-state index is 10.5. The monoisotopic (exact) mass is 258 g/mol. The summed E-state index contributed by atoms with van der Waals surface area (Å²) in [5.74, 6) is 0.341. The van der Waals surface area contributed by atoms with Gasteiger partial charge >= 0.3 is 0 Å². The van der Waals surface area contributed by atoms with E-state index in [1.807, 2.05) is 35.0 Å². The van der Waals surface area contributed by atoms with E-state index in [4.69, 9.17) is 0 Å². The SMILES string of the molecule is CCCCc1c(O)c(-c2ccccc2)nn1C(C)C. The largest absolute Gasteiger partial charge is 0.504 e. The molecular weight excluding hydrogens is 236 g/mol. The molecule has 3 nitrogen and oxygen atoms in total. The van der Waals surface area contributed by atoms with Gasteiger partial charge in [-0.15, -0.1) is 0 Å². The first-order valence-electron chi connectivity index (χ1n) is 7.01. The Labute approximate surface area is 114 Å². The molecule has 0 aliphatic carbocycles. The van der Waals surface area contributed by atoms with E-state index in [0.29, 0.717) is 11.4 Å². The third-order valence-electron chi connectivity index (χ3n) is 3.29. The van der Waals surface area contributed by atoms with Gasteiger partial charge in [0, 0.05) is 11.6 Å². The number of unbranched alkanes of at least 4 members (excludes halogenated alkanes) is 1. The molecular formula is C16H22N2O. The second-order valence-corrected chi connectivity index (χ2v) is 5.15. The molecule has 0 saturated carbocycles. The van der Waals surface area contributed by atoms with Crippen molar-refractivity contribution in [3.63, 3.8) is 0 Å². The highest BCUT2D eigenvalue weighted by Gasteiger charge is 2.19. The lowest BCUT2D eigenvalue weighted by Gasteiger charge is -2.10. The molecule has 1 heterocycles. The van der Waals surface area contributed by atoms with Crippen LogP contribution in [-0.2, 0) is 6.42 Å². The predicted molar refractivity (Wildman–Crippen MR) is 78.3 cm³/mol. The summed E-state index contributed by atoms with van der Waals surface area (Å²) < 4.78 is 1.95. The van der Waals surface area contributed by atoms with Crippen molar-refractivity contribution in [1.82, 2.24) is 9.78 Å². The Bertz CT molecular complexity index is 529. The highest BCUT2D eigenvalue weighted by Crippen LogP contribution is 2.33. The van der Waals surface area contributed by atoms with Crippen molar-refractivity contribution in [3.05, 3.63) is 36.0 Å². The smallest absolute Gasteiger partial charge is 0.164 e. The molecule has 0 spiro atoms. The molecule has 1 aromatic heterocycles. The lowest BCUT2D eigenvalue weighted by molar-refractivity contribution is 0.451. The van der Waals surface area contributed by atoms with Gasteiger partial charge in [-0.2, -0.15) is 5.10 Å². The van der Waals surface area contributed by atoms with Gasteiger partial charge in [-0.3, -0.25) is 4.68 Å². The highest BCUT2D eigenvalue weighted by molar-refractivity contribution is 5.67. The lowest BCUT2D eigenvalue weighted by Crippen LogP contribution is -2.07. The van der Waals surface area contributed by atoms with E-state index in [9.17, 15) is 5.11 Å². The van der Waals surface area contributed by atoms with Gasteiger partial charge in [-0.1, -0.05) is 43.7 Å². The Morgan fingerprint density at radius 1 is 1.21 bits per heavy atom. The fraction of sp³-hybridized carbons (Fsp3) is 0.438. The first-order chi connectivity index (χ1) is 9.15. The molecule has 0 saturated heterocycles. The zero-order valence-corrected chi connectivity index (χ0v) is 11.9. The van der Waals surface area contributed by atoms with Crippen molar-refractivity contribution >= 4 is 0 Å². The number of hydrogen-bond acceptors (Lipinski definition) is 2. The van der Waals surface area contributed by atoms with Crippen LogP contribution in [0.25, 0.3) is 11.3 Å². The van der Waals surface area contributed by atoms with Crippen LogP contribution < -0.4 is 0 Å². The maximum Gasteiger partial charge on any atom is 0.164 e. The molecule has 2 aromatic rings. The lowest BCUT2D eigenvalue weighted by atomic mass is 10.1. The van der Waals surface area contributed by atoms with Crippen LogP contribution in [0.2, 0.25) is 0 Å². The van der Waals surface area contributed by atoms with Crippen LogP contribution in [0.3, 0.4) is 0 Å². The molecule has 0 amide bonds. The summed E-state index contributed by atoms with van der Waals surface area (Å²) in [6.07, 6.45) is 3.06. The van der Waals surface area contributed by atoms with Gasteiger partial charge in [0.2, 0.25) is 0 Å². The van der Waals surface area contributed by atoms with Gasteiger partial charge in [0.1, 0.15) is 5.69 Å². The fourth-order valence-electron chi connectivity index (χ4n) is 2.26.